The van der Waals surface area contributed by atoms with Gasteiger partial charge in [0.25, 0.3) is 0 Å². The zero-order chi connectivity index (χ0) is 13.6. The van der Waals surface area contributed by atoms with E-state index in [0.717, 1.165) is 0 Å². The van der Waals surface area contributed by atoms with E-state index in [1.54, 1.807) is 6.92 Å². The van der Waals surface area contributed by atoms with E-state index in [0.29, 0.717) is 0 Å². The van der Waals surface area contributed by atoms with Crippen LogP contribution in [0.25, 0.3) is 0 Å². The molecule has 1 aliphatic rings. The fourth-order valence-electron chi connectivity index (χ4n) is 1.12. The number of carbonyl (C=O) groups is 1. The first-order valence-electron chi connectivity index (χ1n) is 5.13. The number of aliphatic hydroxyl groups excluding tert-OH is 4. The van der Waals surface area contributed by atoms with Crippen LogP contribution in [0.15, 0.2) is 0 Å². The van der Waals surface area contributed by atoms with Crippen LogP contribution in [0.1, 0.15) is 13.3 Å². The SMILES string of the molecule is CCC(=O)O.N[C@@H]1C(O)O[C@H](CO)[C@@H](O)[C@@H]1O. The van der Waals surface area contributed by atoms with Crippen LogP contribution in [0.5, 0.6) is 0 Å². The van der Waals surface area contributed by atoms with Gasteiger partial charge in [0.05, 0.1) is 12.6 Å². The normalized spacial score (nSPS) is 36.9. The summed E-state index contributed by atoms with van der Waals surface area (Å²) >= 11 is 0. The average molecular weight is 253 g/mol. The van der Waals surface area contributed by atoms with Crippen molar-refractivity contribution >= 4 is 5.97 Å². The fourth-order valence-corrected chi connectivity index (χ4v) is 1.12. The summed E-state index contributed by atoms with van der Waals surface area (Å²) in [4.78, 5) is 9.37. The van der Waals surface area contributed by atoms with Gasteiger partial charge in [-0.3, -0.25) is 4.79 Å². The van der Waals surface area contributed by atoms with Gasteiger partial charge in [0, 0.05) is 6.42 Å². The van der Waals surface area contributed by atoms with Gasteiger partial charge < -0.3 is 36.0 Å². The second kappa shape index (κ2) is 7.54. The Labute approximate surface area is 98.2 Å². The first-order chi connectivity index (χ1) is 7.84. The smallest absolute Gasteiger partial charge is 0.303 e. The summed E-state index contributed by atoms with van der Waals surface area (Å²) < 4.78 is 4.70. The first kappa shape index (κ1) is 16.2. The van der Waals surface area contributed by atoms with Crippen molar-refractivity contribution in [1.29, 1.82) is 0 Å². The largest absolute Gasteiger partial charge is 0.481 e. The lowest BCUT2D eigenvalue weighted by Gasteiger charge is -2.38. The summed E-state index contributed by atoms with van der Waals surface area (Å²) in [5.41, 5.74) is 5.26. The highest BCUT2D eigenvalue weighted by Crippen LogP contribution is 2.17. The van der Waals surface area contributed by atoms with Crippen LogP contribution in [0.4, 0.5) is 0 Å². The predicted octanol–water partition coefficient (Wildman–Crippen LogP) is -2.77. The Morgan fingerprint density at radius 3 is 2.12 bits per heavy atom. The topological polar surface area (TPSA) is 153 Å². The Morgan fingerprint density at radius 1 is 1.29 bits per heavy atom. The van der Waals surface area contributed by atoms with E-state index in [4.69, 9.17) is 25.8 Å². The summed E-state index contributed by atoms with van der Waals surface area (Å²) in [6.07, 6.45) is -4.63. The Kier molecular flexibility index (Phi) is 7.19. The molecule has 0 bridgehead atoms. The van der Waals surface area contributed by atoms with Crippen molar-refractivity contribution in [3.63, 3.8) is 0 Å². The summed E-state index contributed by atoms with van der Waals surface area (Å²) in [5, 5.41) is 43.8. The van der Waals surface area contributed by atoms with Crippen LogP contribution < -0.4 is 5.73 Å². The molecule has 17 heavy (non-hydrogen) atoms. The Hall–Kier alpha value is -0.770. The summed E-state index contributed by atoms with van der Waals surface area (Å²) in [7, 11) is 0. The molecule has 8 nitrogen and oxygen atoms in total. The zero-order valence-electron chi connectivity index (χ0n) is 9.43. The quantitative estimate of drug-likeness (QED) is 0.309. The molecule has 102 valence electrons. The molecule has 1 unspecified atom stereocenters. The minimum atomic E-state index is -1.35. The van der Waals surface area contributed by atoms with Crippen LogP contribution in [-0.4, -0.2) is 68.8 Å². The van der Waals surface area contributed by atoms with E-state index in [2.05, 4.69) is 0 Å². The van der Waals surface area contributed by atoms with Gasteiger partial charge in [-0.25, -0.2) is 0 Å². The highest BCUT2D eigenvalue weighted by atomic mass is 16.6. The summed E-state index contributed by atoms with van der Waals surface area (Å²) in [6.45, 7) is 1.13. The van der Waals surface area contributed by atoms with E-state index in [1.807, 2.05) is 0 Å². The molecular weight excluding hydrogens is 234 g/mol. The van der Waals surface area contributed by atoms with Crippen molar-refractivity contribution in [2.45, 2.75) is 44.0 Å². The van der Waals surface area contributed by atoms with Gasteiger partial charge in [0.15, 0.2) is 6.29 Å². The van der Waals surface area contributed by atoms with Crippen molar-refractivity contribution in [2.75, 3.05) is 6.61 Å². The van der Waals surface area contributed by atoms with Crippen molar-refractivity contribution in [3.8, 4) is 0 Å². The Bertz CT molecular complexity index is 233. The molecule has 0 radical (unpaired) electrons. The Balaban J connectivity index is 0.000000437. The number of aliphatic hydroxyl groups is 4. The van der Waals surface area contributed by atoms with Crippen molar-refractivity contribution in [2.24, 2.45) is 5.73 Å². The molecule has 1 rings (SSSR count). The molecule has 1 saturated heterocycles. The lowest BCUT2D eigenvalue weighted by Crippen LogP contribution is -2.61. The Morgan fingerprint density at radius 2 is 1.76 bits per heavy atom. The average Bonchev–Trinajstić information content (AvgIpc) is 2.31. The highest BCUT2D eigenvalue weighted by molar-refractivity contribution is 5.66. The number of rotatable bonds is 2. The van der Waals surface area contributed by atoms with Crippen molar-refractivity contribution < 1.29 is 35.1 Å². The first-order valence-corrected chi connectivity index (χ1v) is 5.13. The molecule has 0 aromatic heterocycles. The maximum Gasteiger partial charge on any atom is 0.303 e. The molecule has 0 aromatic rings. The van der Waals surface area contributed by atoms with Crippen LogP contribution in [0, 0.1) is 0 Å². The molecule has 8 heteroatoms. The molecule has 0 aromatic carbocycles. The third-order valence-electron chi connectivity index (χ3n) is 2.25. The number of hydrogen-bond donors (Lipinski definition) is 6. The highest BCUT2D eigenvalue weighted by Gasteiger charge is 2.41. The minimum Gasteiger partial charge on any atom is -0.481 e. The summed E-state index contributed by atoms with van der Waals surface area (Å²) in [5.74, 6) is -0.745. The molecule has 1 aliphatic heterocycles. The molecule has 5 atom stereocenters. The molecule has 7 N–H and O–H groups in total. The lowest BCUT2D eigenvalue weighted by molar-refractivity contribution is -0.248. The van der Waals surface area contributed by atoms with Gasteiger partial charge in [-0.2, -0.15) is 0 Å². The second-order valence-electron chi connectivity index (χ2n) is 3.55. The molecule has 0 amide bonds. The van der Waals surface area contributed by atoms with Gasteiger partial charge >= 0.3 is 5.97 Å². The number of hydrogen-bond acceptors (Lipinski definition) is 7. The van der Waals surface area contributed by atoms with Crippen LogP contribution in [-0.2, 0) is 9.53 Å². The van der Waals surface area contributed by atoms with Crippen LogP contribution in [0.3, 0.4) is 0 Å². The fraction of sp³-hybridized carbons (Fsp3) is 0.889. The number of carboxylic acid groups (broad SMARTS) is 1. The van der Waals surface area contributed by atoms with Gasteiger partial charge in [-0.1, -0.05) is 6.92 Å². The monoisotopic (exact) mass is 253 g/mol. The van der Waals surface area contributed by atoms with Gasteiger partial charge in [-0.15, -0.1) is 0 Å². The van der Waals surface area contributed by atoms with E-state index in [9.17, 15) is 15.0 Å². The van der Waals surface area contributed by atoms with Crippen LogP contribution >= 0.6 is 0 Å². The van der Waals surface area contributed by atoms with Crippen molar-refractivity contribution in [1.82, 2.24) is 0 Å². The van der Waals surface area contributed by atoms with Crippen molar-refractivity contribution in [3.05, 3.63) is 0 Å². The number of carboxylic acids is 1. The molecule has 0 aliphatic carbocycles. The maximum atomic E-state index is 9.37. The molecular formula is C9H19NO7. The third-order valence-corrected chi connectivity index (χ3v) is 2.25. The lowest BCUT2D eigenvalue weighted by atomic mass is 9.98. The van der Waals surface area contributed by atoms with E-state index < -0.39 is 43.2 Å². The number of ether oxygens (including phenoxy) is 1. The number of nitrogens with two attached hydrogens (primary N) is 1. The molecule has 1 heterocycles. The second-order valence-corrected chi connectivity index (χ2v) is 3.55. The number of aliphatic carboxylic acids is 1. The molecule has 0 saturated carbocycles. The third kappa shape index (κ3) is 4.94. The van der Waals surface area contributed by atoms with E-state index >= 15 is 0 Å². The molecule has 1 fully saturated rings. The minimum absolute atomic E-state index is 0.222. The zero-order valence-corrected chi connectivity index (χ0v) is 9.43. The van der Waals surface area contributed by atoms with E-state index in [1.165, 1.54) is 0 Å². The molecule has 0 spiro atoms. The van der Waals surface area contributed by atoms with Gasteiger partial charge in [0.1, 0.15) is 18.3 Å². The van der Waals surface area contributed by atoms with Gasteiger partial charge in [-0.05, 0) is 0 Å². The standard InChI is InChI=1S/C6H13NO5.C3H6O2/c7-3-5(10)4(9)2(1-8)12-6(3)11;1-2-3(4)5/h2-6,8-11H,1,7H2;2H2,1H3,(H,4,5)/t2-,3+,4-,5-,6?;/m1./s1. The van der Waals surface area contributed by atoms with Crippen LogP contribution in [0.2, 0.25) is 0 Å². The van der Waals surface area contributed by atoms with E-state index in [-0.39, 0.29) is 6.42 Å². The maximum absolute atomic E-state index is 9.37. The predicted molar refractivity (Wildman–Crippen MR) is 55.9 cm³/mol. The van der Waals surface area contributed by atoms with Gasteiger partial charge in [0.2, 0.25) is 0 Å². The summed E-state index contributed by atoms with van der Waals surface area (Å²) in [6, 6.07) is -1.04.